The molecular formula is C31H39N3O. The van der Waals surface area contributed by atoms with E-state index in [-0.39, 0.29) is 0 Å². The van der Waals surface area contributed by atoms with Crippen molar-refractivity contribution in [3.05, 3.63) is 108 Å². The summed E-state index contributed by atoms with van der Waals surface area (Å²) in [6.07, 6.45) is 7.49. The summed E-state index contributed by atoms with van der Waals surface area (Å²) in [5.74, 6) is 1.64. The lowest BCUT2D eigenvalue weighted by molar-refractivity contribution is 0.172. The monoisotopic (exact) mass is 469 g/mol. The van der Waals surface area contributed by atoms with Crippen LogP contribution in [0, 0.1) is 5.92 Å². The summed E-state index contributed by atoms with van der Waals surface area (Å²) in [6, 6.07) is 23.5. The average Bonchev–Trinajstić information content (AvgIpc) is 3.35. The maximum absolute atomic E-state index is 5.88. The van der Waals surface area contributed by atoms with Crippen molar-refractivity contribution in [1.82, 2.24) is 15.0 Å². The third kappa shape index (κ3) is 7.51. The van der Waals surface area contributed by atoms with Gasteiger partial charge in [-0.3, -0.25) is 4.90 Å². The summed E-state index contributed by atoms with van der Waals surface area (Å²) >= 11 is 0. The zero-order chi connectivity index (χ0) is 24.5. The zero-order valence-corrected chi connectivity index (χ0v) is 21.3. The Kier molecular flexibility index (Phi) is 9.10. The summed E-state index contributed by atoms with van der Waals surface area (Å²) in [5.41, 5.74) is 6.11. The van der Waals surface area contributed by atoms with E-state index < -0.39 is 0 Å². The smallest absolute Gasteiger partial charge is 0.164 e. The van der Waals surface area contributed by atoms with E-state index in [1.54, 1.807) is 0 Å². The molecule has 2 heterocycles. The Morgan fingerprint density at radius 1 is 1.03 bits per heavy atom. The molecule has 4 nitrogen and oxygen atoms in total. The Hall–Kier alpha value is -2.95. The largest absolute Gasteiger partial charge is 0.356 e. The SMILES string of the molecule is C=C/C(Cc1ccccc1)=C(/CN(C)C)c1cc(CCC2CCN(Cc3ccccc3)CC2)no1. The van der Waals surface area contributed by atoms with Gasteiger partial charge in [-0.1, -0.05) is 78.5 Å². The van der Waals surface area contributed by atoms with Gasteiger partial charge in [0.1, 0.15) is 0 Å². The quantitative estimate of drug-likeness (QED) is 0.310. The maximum Gasteiger partial charge on any atom is 0.164 e. The lowest BCUT2D eigenvalue weighted by atomic mass is 9.91. The van der Waals surface area contributed by atoms with Crippen molar-refractivity contribution in [2.45, 2.75) is 38.6 Å². The molecule has 0 amide bonds. The van der Waals surface area contributed by atoms with Crippen LogP contribution in [0.15, 0.2) is 89.5 Å². The molecule has 0 atom stereocenters. The van der Waals surface area contributed by atoms with Gasteiger partial charge in [0, 0.05) is 24.7 Å². The Morgan fingerprint density at radius 3 is 2.31 bits per heavy atom. The van der Waals surface area contributed by atoms with Crippen molar-refractivity contribution in [1.29, 1.82) is 0 Å². The molecule has 184 valence electrons. The third-order valence-corrected chi connectivity index (χ3v) is 6.97. The molecular weight excluding hydrogens is 430 g/mol. The average molecular weight is 470 g/mol. The number of rotatable bonds is 11. The van der Waals surface area contributed by atoms with E-state index in [2.05, 4.69) is 102 Å². The lowest BCUT2D eigenvalue weighted by Gasteiger charge is -2.31. The minimum atomic E-state index is 0.765. The van der Waals surface area contributed by atoms with Crippen LogP contribution >= 0.6 is 0 Å². The molecule has 0 saturated carbocycles. The second kappa shape index (κ2) is 12.7. The second-order valence-corrected chi connectivity index (χ2v) is 10.0. The molecule has 4 heteroatoms. The van der Waals surface area contributed by atoms with Gasteiger partial charge in [-0.15, -0.1) is 0 Å². The molecule has 1 aliphatic heterocycles. The van der Waals surface area contributed by atoms with Gasteiger partial charge >= 0.3 is 0 Å². The first kappa shape index (κ1) is 25.2. The molecule has 35 heavy (non-hydrogen) atoms. The first-order chi connectivity index (χ1) is 17.1. The highest BCUT2D eigenvalue weighted by molar-refractivity contribution is 5.69. The number of hydrogen-bond acceptors (Lipinski definition) is 4. The van der Waals surface area contributed by atoms with E-state index in [9.17, 15) is 0 Å². The minimum absolute atomic E-state index is 0.765. The minimum Gasteiger partial charge on any atom is -0.356 e. The van der Waals surface area contributed by atoms with Gasteiger partial charge in [0.05, 0.1) is 5.69 Å². The van der Waals surface area contributed by atoms with E-state index >= 15 is 0 Å². The van der Waals surface area contributed by atoms with Crippen molar-refractivity contribution in [2.75, 3.05) is 33.7 Å². The van der Waals surface area contributed by atoms with Crippen LogP contribution in [0.25, 0.3) is 5.57 Å². The normalized spacial score (nSPS) is 15.9. The highest BCUT2D eigenvalue weighted by atomic mass is 16.5. The number of benzene rings is 2. The number of piperidine rings is 1. The van der Waals surface area contributed by atoms with E-state index in [0.717, 1.165) is 43.3 Å². The number of likely N-dealkylation sites (tertiary alicyclic amines) is 1. The van der Waals surface area contributed by atoms with Gasteiger partial charge in [0.2, 0.25) is 0 Å². The summed E-state index contributed by atoms with van der Waals surface area (Å²) in [6.45, 7) is 8.33. The molecule has 0 spiro atoms. The predicted molar refractivity (Wildman–Crippen MR) is 145 cm³/mol. The van der Waals surface area contributed by atoms with Crippen LogP contribution in [0.4, 0.5) is 0 Å². The molecule has 0 N–H and O–H groups in total. The van der Waals surface area contributed by atoms with Gasteiger partial charge in [-0.25, -0.2) is 0 Å². The van der Waals surface area contributed by atoms with Crippen LogP contribution in [-0.4, -0.2) is 48.7 Å². The third-order valence-electron chi connectivity index (χ3n) is 6.97. The molecule has 2 aromatic carbocycles. The highest BCUT2D eigenvalue weighted by Gasteiger charge is 2.20. The van der Waals surface area contributed by atoms with E-state index in [1.807, 2.05) is 6.08 Å². The van der Waals surface area contributed by atoms with Gasteiger partial charge in [0.25, 0.3) is 0 Å². The number of allylic oxidation sites excluding steroid dienone is 2. The van der Waals surface area contributed by atoms with Gasteiger partial charge in [0.15, 0.2) is 5.76 Å². The number of nitrogens with zero attached hydrogens (tertiary/aromatic N) is 3. The van der Waals surface area contributed by atoms with E-state index in [0.29, 0.717) is 0 Å². The molecule has 3 aromatic rings. The van der Waals surface area contributed by atoms with Crippen molar-refractivity contribution in [3.63, 3.8) is 0 Å². The predicted octanol–water partition coefficient (Wildman–Crippen LogP) is 6.26. The van der Waals surface area contributed by atoms with Crippen LogP contribution in [-0.2, 0) is 19.4 Å². The number of aromatic nitrogens is 1. The first-order valence-corrected chi connectivity index (χ1v) is 12.9. The molecule has 1 aliphatic rings. The molecule has 1 aromatic heterocycles. The zero-order valence-electron chi connectivity index (χ0n) is 21.3. The lowest BCUT2D eigenvalue weighted by Crippen LogP contribution is -2.33. The topological polar surface area (TPSA) is 32.5 Å². The number of aryl methyl sites for hydroxylation is 1. The fraction of sp³-hybridized carbons (Fsp3) is 0.387. The van der Waals surface area contributed by atoms with Crippen LogP contribution < -0.4 is 0 Å². The van der Waals surface area contributed by atoms with E-state index in [1.165, 1.54) is 54.6 Å². The molecule has 0 radical (unpaired) electrons. The molecule has 1 fully saturated rings. The van der Waals surface area contributed by atoms with Crippen molar-refractivity contribution < 1.29 is 4.52 Å². The summed E-state index contributed by atoms with van der Waals surface area (Å²) in [7, 11) is 4.18. The standard InChI is InChI=1S/C31H39N3O/c1-4-28(21-26-11-7-5-8-12-26)30(24-33(2)3)31-22-29(32-35-31)16-15-25-17-19-34(20-18-25)23-27-13-9-6-10-14-27/h4-14,22,25H,1,15-21,23-24H2,2-3H3/b30-28+. The first-order valence-electron chi connectivity index (χ1n) is 12.9. The van der Waals surface area contributed by atoms with Crippen molar-refractivity contribution in [3.8, 4) is 0 Å². The summed E-state index contributed by atoms with van der Waals surface area (Å²) < 4.78 is 5.88. The highest BCUT2D eigenvalue weighted by Crippen LogP contribution is 2.27. The van der Waals surface area contributed by atoms with Crippen LogP contribution in [0.2, 0.25) is 0 Å². The molecule has 0 bridgehead atoms. The number of likely N-dealkylation sites (N-methyl/N-ethyl adjacent to an activating group) is 1. The second-order valence-electron chi connectivity index (χ2n) is 10.0. The van der Waals surface area contributed by atoms with Crippen LogP contribution in [0.5, 0.6) is 0 Å². The fourth-order valence-corrected chi connectivity index (χ4v) is 4.97. The van der Waals surface area contributed by atoms with Gasteiger partial charge in [-0.05, 0) is 81.9 Å². The van der Waals surface area contributed by atoms with Crippen molar-refractivity contribution >= 4 is 5.57 Å². The maximum atomic E-state index is 5.88. The van der Waals surface area contributed by atoms with Crippen molar-refractivity contribution in [2.24, 2.45) is 5.92 Å². The molecule has 1 saturated heterocycles. The Labute approximate surface area is 210 Å². The molecule has 0 aliphatic carbocycles. The van der Waals surface area contributed by atoms with Crippen LogP contribution in [0.1, 0.15) is 41.8 Å². The van der Waals surface area contributed by atoms with Gasteiger partial charge < -0.3 is 9.42 Å². The molecule has 4 rings (SSSR count). The Bertz CT molecular complexity index is 1080. The summed E-state index contributed by atoms with van der Waals surface area (Å²) in [5, 5.41) is 4.45. The number of hydrogen-bond donors (Lipinski definition) is 0. The fourth-order valence-electron chi connectivity index (χ4n) is 4.97. The van der Waals surface area contributed by atoms with E-state index in [4.69, 9.17) is 4.52 Å². The summed E-state index contributed by atoms with van der Waals surface area (Å²) in [4.78, 5) is 4.76. The van der Waals surface area contributed by atoms with Gasteiger partial charge in [-0.2, -0.15) is 0 Å². The Balaban J connectivity index is 1.35. The molecule has 0 unspecified atom stereocenters. The van der Waals surface area contributed by atoms with Crippen LogP contribution in [0.3, 0.4) is 0 Å². The Morgan fingerprint density at radius 2 is 1.69 bits per heavy atom.